The smallest absolute Gasteiger partial charge is 0.457 e. The van der Waals surface area contributed by atoms with E-state index in [0.29, 0.717) is 0 Å². The Labute approximate surface area is 118 Å². The second-order valence-corrected chi connectivity index (χ2v) is 10.8. The Morgan fingerprint density at radius 2 is 1.56 bits per heavy atom. The van der Waals surface area contributed by atoms with Crippen molar-refractivity contribution in [2.24, 2.45) is 0 Å². The summed E-state index contributed by atoms with van der Waals surface area (Å²) in [5, 5.41) is 0. The van der Waals surface area contributed by atoms with Crippen LogP contribution < -0.4 is 4.74 Å². The standard InChI is InChI=1S/C12H9O.2BrH.Mg/c1-3-7-11(8-4-1)13-12-9-5-2-6-10-12;;;/h1-5,7-10H;2*1H;/q;;;+2/p-2. The minimum atomic E-state index is 0.0417. The molecule has 79 valence electrons. The van der Waals surface area contributed by atoms with Crippen molar-refractivity contribution < 1.29 is 4.74 Å². The van der Waals surface area contributed by atoms with Gasteiger partial charge >= 0.3 is 16.0 Å². The maximum Gasteiger partial charge on any atom is 0.560 e. The van der Waals surface area contributed by atoms with Gasteiger partial charge in [0.2, 0.25) is 0 Å². The molecule has 0 aliphatic carbocycles. The van der Waals surface area contributed by atoms with E-state index in [4.69, 9.17) is 4.74 Å². The molecule has 0 N–H and O–H groups in total. The quantitative estimate of drug-likeness (QED) is 0.718. The zero-order valence-electron chi connectivity index (χ0n) is 8.57. The molecule has 1 nitrogen and oxygen atoms in total. The normalized spacial score (nSPS) is 8.38. The van der Waals surface area contributed by atoms with E-state index in [-0.39, 0.29) is 16.0 Å². The van der Waals surface area contributed by atoms with Gasteiger partial charge in [-0.2, -0.15) is 0 Å². The lowest BCUT2D eigenvalue weighted by Gasteiger charge is -2.03. The molecule has 1 radical (unpaired) electrons. The summed E-state index contributed by atoms with van der Waals surface area (Å²) in [5.41, 5.74) is 0. The highest BCUT2D eigenvalue weighted by atomic mass is 79.9. The van der Waals surface area contributed by atoms with Crippen LogP contribution >= 0.6 is 25.8 Å². The van der Waals surface area contributed by atoms with Gasteiger partial charge in [0.05, 0.1) is 0 Å². The lowest BCUT2D eigenvalue weighted by atomic mass is 10.3. The van der Waals surface area contributed by atoms with Crippen LogP contribution in [0, 0.1) is 6.07 Å². The molecule has 0 saturated carbocycles. The number of rotatable bonds is 2. The molecule has 0 unspecified atom stereocenters. The van der Waals surface area contributed by atoms with Gasteiger partial charge in [-0.25, -0.2) is 0 Å². The van der Waals surface area contributed by atoms with Crippen LogP contribution in [-0.2, 0) is 0 Å². The fourth-order valence-corrected chi connectivity index (χ4v) is 1.06. The van der Waals surface area contributed by atoms with Gasteiger partial charge in [0.25, 0.3) is 0 Å². The number of benzene rings is 2. The van der Waals surface area contributed by atoms with Crippen LogP contribution in [0.15, 0.2) is 54.6 Å². The summed E-state index contributed by atoms with van der Waals surface area (Å²) in [6.45, 7) is 0. The largest absolute Gasteiger partial charge is 0.560 e. The molecule has 0 heterocycles. The summed E-state index contributed by atoms with van der Waals surface area (Å²) in [4.78, 5) is 0. The maximum absolute atomic E-state index is 5.55. The Morgan fingerprint density at radius 1 is 0.938 bits per heavy atom. The third-order valence-corrected chi connectivity index (χ3v) is 1.66. The van der Waals surface area contributed by atoms with Crippen molar-refractivity contribution >= 4 is 41.8 Å². The van der Waals surface area contributed by atoms with Crippen LogP contribution in [-0.4, -0.2) is 16.0 Å². The van der Waals surface area contributed by atoms with Crippen molar-refractivity contribution in [2.75, 3.05) is 0 Å². The fraction of sp³-hybridized carbons (Fsp3) is 0. The van der Waals surface area contributed by atoms with E-state index in [1.165, 1.54) is 0 Å². The number of halogens is 2. The monoisotopic (exact) mass is 351 g/mol. The first-order chi connectivity index (χ1) is 7.86. The lowest BCUT2D eigenvalue weighted by molar-refractivity contribution is 0.482. The lowest BCUT2D eigenvalue weighted by Crippen LogP contribution is -1.81. The summed E-state index contributed by atoms with van der Waals surface area (Å²) in [7, 11) is 0. The van der Waals surface area contributed by atoms with E-state index in [0.717, 1.165) is 11.5 Å². The van der Waals surface area contributed by atoms with Gasteiger partial charge in [-0.3, -0.25) is 25.8 Å². The molecule has 0 amide bonds. The highest BCUT2D eigenvalue weighted by Crippen LogP contribution is 2.19. The van der Waals surface area contributed by atoms with Gasteiger partial charge in [0.15, 0.2) is 0 Å². The third kappa shape index (κ3) is 5.89. The first-order valence-electron chi connectivity index (χ1n) is 4.67. The van der Waals surface area contributed by atoms with E-state index in [2.05, 4.69) is 31.8 Å². The SMILES string of the molecule is [Br][Mg][Br].[c]1cccc(Oc2ccccc2)c1. The molecule has 0 aromatic heterocycles. The molecule has 4 heteroatoms. The van der Waals surface area contributed by atoms with E-state index < -0.39 is 0 Å². The Balaban J connectivity index is 0.000000386. The summed E-state index contributed by atoms with van der Waals surface area (Å²) in [6, 6.07) is 20.1. The van der Waals surface area contributed by atoms with Gasteiger partial charge in [-0.1, -0.05) is 30.3 Å². The van der Waals surface area contributed by atoms with E-state index in [1.54, 1.807) is 0 Å². The van der Waals surface area contributed by atoms with E-state index in [9.17, 15) is 0 Å². The molecular weight excluding hydrogens is 344 g/mol. The van der Waals surface area contributed by atoms with Gasteiger partial charge in [-0.15, -0.1) is 0 Å². The molecule has 0 aliphatic rings. The van der Waals surface area contributed by atoms with Crippen LogP contribution in [0.25, 0.3) is 0 Å². The van der Waals surface area contributed by atoms with Crippen LogP contribution in [0.3, 0.4) is 0 Å². The van der Waals surface area contributed by atoms with E-state index >= 15 is 0 Å². The van der Waals surface area contributed by atoms with Gasteiger partial charge < -0.3 is 4.74 Å². The number of para-hydroxylation sites is 1. The second-order valence-electron chi connectivity index (χ2n) is 2.76. The van der Waals surface area contributed by atoms with Crippen molar-refractivity contribution in [1.29, 1.82) is 0 Å². The van der Waals surface area contributed by atoms with Crippen molar-refractivity contribution in [3.8, 4) is 11.5 Å². The van der Waals surface area contributed by atoms with Crippen LogP contribution in [0.4, 0.5) is 0 Å². The highest BCUT2D eigenvalue weighted by molar-refractivity contribution is 9.47. The summed E-state index contributed by atoms with van der Waals surface area (Å²) in [6.07, 6.45) is 0. The molecule has 0 saturated heterocycles. The van der Waals surface area contributed by atoms with Crippen molar-refractivity contribution in [1.82, 2.24) is 0 Å². The number of ether oxygens (including phenoxy) is 1. The molecule has 16 heavy (non-hydrogen) atoms. The molecule has 2 aromatic rings. The molecule has 0 atom stereocenters. The third-order valence-electron chi connectivity index (χ3n) is 1.66. The Bertz CT molecular complexity index is 343. The fourth-order valence-electron chi connectivity index (χ4n) is 1.06. The predicted octanol–water partition coefficient (Wildman–Crippen LogP) is 4.59. The number of hydrogen-bond donors (Lipinski definition) is 0. The molecule has 0 spiro atoms. The first kappa shape index (κ1) is 14.0. The Kier molecular flexibility index (Phi) is 7.93. The molecule has 2 rings (SSSR count). The topological polar surface area (TPSA) is 9.23 Å². The van der Waals surface area contributed by atoms with Crippen LogP contribution in [0.2, 0.25) is 0 Å². The zero-order chi connectivity index (χ0) is 11.6. The molecule has 0 aliphatic heterocycles. The predicted molar refractivity (Wildman–Crippen MR) is 75.4 cm³/mol. The first-order valence-corrected chi connectivity index (χ1v) is 12.5. The highest BCUT2D eigenvalue weighted by Gasteiger charge is 1.92. The molecule has 2 aromatic carbocycles. The molecule has 0 bridgehead atoms. The summed E-state index contributed by atoms with van der Waals surface area (Å²) < 4.78 is 5.55. The van der Waals surface area contributed by atoms with Crippen molar-refractivity contribution in [2.45, 2.75) is 0 Å². The van der Waals surface area contributed by atoms with E-state index in [1.807, 2.05) is 54.6 Å². The van der Waals surface area contributed by atoms with Crippen molar-refractivity contribution in [3.05, 3.63) is 60.7 Å². The maximum atomic E-state index is 5.55. The number of hydrogen-bond acceptors (Lipinski definition) is 1. The second kappa shape index (κ2) is 9.04. The Hall–Kier alpha value is -0.0338. The Morgan fingerprint density at radius 3 is 2.12 bits per heavy atom. The summed E-state index contributed by atoms with van der Waals surface area (Å²) in [5.74, 6) is 1.66. The van der Waals surface area contributed by atoms with Crippen molar-refractivity contribution in [3.63, 3.8) is 0 Å². The van der Waals surface area contributed by atoms with Gasteiger partial charge in [0, 0.05) is 0 Å². The summed E-state index contributed by atoms with van der Waals surface area (Å²) >= 11 is 6.44. The average molecular weight is 353 g/mol. The minimum Gasteiger partial charge on any atom is -0.457 e. The molecule has 0 fully saturated rings. The van der Waals surface area contributed by atoms with Gasteiger partial charge in [0.1, 0.15) is 11.5 Å². The zero-order valence-corrected chi connectivity index (χ0v) is 13.2. The minimum absolute atomic E-state index is 0.0417. The average Bonchev–Trinajstić information content (AvgIpc) is 2.33. The molecular formula is C12H9Br2MgO. The van der Waals surface area contributed by atoms with Crippen LogP contribution in [0.1, 0.15) is 0 Å². The van der Waals surface area contributed by atoms with Crippen LogP contribution in [0.5, 0.6) is 11.5 Å². The van der Waals surface area contributed by atoms with Gasteiger partial charge in [-0.05, 0) is 30.3 Å².